The molecule has 0 aliphatic carbocycles. The van der Waals surface area contributed by atoms with Crippen molar-refractivity contribution in [2.75, 3.05) is 20.2 Å². The number of benzene rings is 3. The molecule has 6 heteroatoms. The van der Waals surface area contributed by atoms with E-state index in [1.165, 1.54) is 0 Å². The predicted molar refractivity (Wildman–Crippen MR) is 142 cm³/mol. The van der Waals surface area contributed by atoms with E-state index in [0.717, 1.165) is 22.4 Å². The Kier molecular flexibility index (Phi) is 8.23. The van der Waals surface area contributed by atoms with Crippen molar-refractivity contribution in [1.29, 1.82) is 10.5 Å². The molecule has 0 radical (unpaired) electrons. The molecule has 6 nitrogen and oxygen atoms in total. The van der Waals surface area contributed by atoms with E-state index in [-0.39, 0.29) is 23.5 Å². The minimum atomic E-state index is -0.242. The molecule has 1 amide bonds. The van der Waals surface area contributed by atoms with Crippen LogP contribution in [0.2, 0.25) is 0 Å². The van der Waals surface area contributed by atoms with E-state index in [1.807, 2.05) is 73.7 Å². The fraction of sp³-hybridized carbons (Fsp3) is 0.258. The zero-order chi connectivity index (χ0) is 26.2. The van der Waals surface area contributed by atoms with Crippen molar-refractivity contribution in [3.8, 4) is 34.8 Å². The molecule has 1 saturated heterocycles. The largest absolute Gasteiger partial charge is 0.496 e. The first-order valence-corrected chi connectivity index (χ1v) is 12.3. The number of allylic oxidation sites excluding steroid dienone is 1. The predicted octanol–water partition coefficient (Wildman–Crippen LogP) is 5.86. The second kappa shape index (κ2) is 11.9. The van der Waals surface area contributed by atoms with Crippen LogP contribution in [0.5, 0.6) is 11.5 Å². The Hall–Kier alpha value is -4.55. The Labute approximate surface area is 218 Å². The van der Waals surface area contributed by atoms with Crippen molar-refractivity contribution in [2.45, 2.75) is 31.8 Å². The number of rotatable bonds is 7. The fourth-order valence-electron chi connectivity index (χ4n) is 4.57. The van der Waals surface area contributed by atoms with Crippen LogP contribution in [0.15, 0.2) is 84.4 Å². The van der Waals surface area contributed by atoms with Crippen LogP contribution in [0, 0.1) is 22.7 Å². The van der Waals surface area contributed by atoms with Gasteiger partial charge in [0.25, 0.3) is 5.91 Å². The maximum Gasteiger partial charge on any atom is 0.264 e. The van der Waals surface area contributed by atoms with E-state index in [1.54, 1.807) is 24.2 Å². The summed E-state index contributed by atoms with van der Waals surface area (Å²) in [4.78, 5) is 14.8. The number of nitriles is 2. The lowest BCUT2D eigenvalue weighted by molar-refractivity contribution is -0.128. The summed E-state index contributed by atoms with van der Waals surface area (Å²) in [7, 11) is 1.62. The molecule has 1 aliphatic rings. The van der Waals surface area contributed by atoms with Crippen LogP contribution in [-0.4, -0.2) is 37.1 Å². The number of likely N-dealkylation sites (tertiary alicyclic amines) is 1. The van der Waals surface area contributed by atoms with Gasteiger partial charge in [-0.2, -0.15) is 10.5 Å². The number of carbonyl (C=O) groups is 1. The number of hydrogen-bond acceptors (Lipinski definition) is 5. The Morgan fingerprint density at radius 3 is 2.41 bits per heavy atom. The summed E-state index contributed by atoms with van der Waals surface area (Å²) in [5, 5.41) is 19.2. The van der Waals surface area contributed by atoms with Gasteiger partial charge in [-0.1, -0.05) is 61.5 Å². The highest BCUT2D eigenvalue weighted by Crippen LogP contribution is 2.33. The minimum absolute atomic E-state index is 0.0366. The molecular weight excluding hydrogens is 462 g/mol. The van der Waals surface area contributed by atoms with Crippen molar-refractivity contribution in [2.24, 2.45) is 0 Å². The van der Waals surface area contributed by atoms with Gasteiger partial charge in [-0.15, -0.1) is 0 Å². The highest BCUT2D eigenvalue weighted by Gasteiger charge is 2.26. The third kappa shape index (κ3) is 6.18. The Morgan fingerprint density at radius 2 is 1.73 bits per heavy atom. The van der Waals surface area contributed by atoms with E-state index in [9.17, 15) is 15.3 Å². The van der Waals surface area contributed by atoms with Gasteiger partial charge in [0, 0.05) is 37.4 Å². The lowest BCUT2D eigenvalue weighted by atomic mass is 9.98. The average molecular weight is 492 g/mol. The first kappa shape index (κ1) is 25.5. The summed E-state index contributed by atoms with van der Waals surface area (Å²) in [6.45, 7) is 2.98. The topological polar surface area (TPSA) is 86.3 Å². The van der Waals surface area contributed by atoms with Crippen LogP contribution in [-0.2, 0) is 4.79 Å². The summed E-state index contributed by atoms with van der Waals surface area (Å²) >= 11 is 0. The molecule has 0 aromatic heterocycles. The van der Waals surface area contributed by atoms with Gasteiger partial charge in [-0.25, -0.2) is 0 Å². The van der Waals surface area contributed by atoms with Crippen molar-refractivity contribution in [1.82, 2.24) is 4.90 Å². The summed E-state index contributed by atoms with van der Waals surface area (Å²) in [6.07, 6.45) is 2.92. The normalized spacial score (nSPS) is 14.8. The number of piperidine rings is 1. The van der Waals surface area contributed by atoms with E-state index in [2.05, 4.69) is 12.1 Å². The Morgan fingerprint density at radius 1 is 1.03 bits per heavy atom. The molecule has 1 aliphatic heterocycles. The van der Waals surface area contributed by atoms with Gasteiger partial charge >= 0.3 is 0 Å². The van der Waals surface area contributed by atoms with Crippen molar-refractivity contribution in [3.63, 3.8) is 0 Å². The molecule has 1 fully saturated rings. The fourth-order valence-corrected chi connectivity index (χ4v) is 4.57. The molecule has 3 aromatic rings. The number of hydrogen-bond donors (Lipinski definition) is 0. The van der Waals surface area contributed by atoms with Gasteiger partial charge in [0.15, 0.2) is 0 Å². The van der Waals surface area contributed by atoms with Gasteiger partial charge in [0.2, 0.25) is 0 Å². The second-order valence-electron chi connectivity index (χ2n) is 9.06. The third-order valence-corrected chi connectivity index (χ3v) is 6.58. The molecule has 0 bridgehead atoms. The number of carbonyl (C=O) groups excluding carboxylic acids is 1. The van der Waals surface area contributed by atoms with Crippen LogP contribution < -0.4 is 9.47 Å². The molecule has 0 N–H and O–H groups in total. The lowest BCUT2D eigenvalue weighted by Gasteiger charge is -2.32. The number of ether oxygens (including phenoxy) is 2. The zero-order valence-corrected chi connectivity index (χ0v) is 21.1. The summed E-state index contributed by atoms with van der Waals surface area (Å²) in [5.41, 5.74) is 3.45. The highest BCUT2D eigenvalue weighted by atomic mass is 16.5. The van der Waals surface area contributed by atoms with E-state index >= 15 is 0 Å². The minimum Gasteiger partial charge on any atom is -0.496 e. The molecule has 0 saturated carbocycles. The molecule has 0 spiro atoms. The number of para-hydroxylation sites is 1. The molecule has 186 valence electrons. The van der Waals surface area contributed by atoms with E-state index < -0.39 is 0 Å². The maximum atomic E-state index is 13.1. The van der Waals surface area contributed by atoms with Crippen LogP contribution >= 0.6 is 0 Å². The van der Waals surface area contributed by atoms with Gasteiger partial charge in [0.1, 0.15) is 29.2 Å². The molecule has 4 rings (SSSR count). The lowest BCUT2D eigenvalue weighted by Crippen LogP contribution is -2.42. The number of amides is 1. The molecular formula is C31H29N3O3. The second-order valence-corrected chi connectivity index (χ2v) is 9.06. The first-order valence-electron chi connectivity index (χ1n) is 12.3. The monoisotopic (exact) mass is 491 g/mol. The Bertz CT molecular complexity index is 1360. The molecule has 3 aromatic carbocycles. The quantitative estimate of drug-likeness (QED) is 0.305. The van der Waals surface area contributed by atoms with Crippen LogP contribution in [0.25, 0.3) is 11.1 Å². The first-order chi connectivity index (χ1) is 18.0. The highest BCUT2D eigenvalue weighted by molar-refractivity contribution is 5.97. The Balaban J connectivity index is 1.42. The maximum absolute atomic E-state index is 13.1. The van der Waals surface area contributed by atoms with Crippen LogP contribution in [0.4, 0.5) is 0 Å². The standard InChI is InChI=1S/C31H29N3O3/c1-22(24-8-4-3-5-9-24)16-26(21-33)31(35)34-14-12-27(13-15-34)37-28-18-23(20-32)17-25(19-28)29-10-6-7-11-30(29)36-2/h3-11,16-19,22,27H,12-15H2,1-2H3/b26-16+. The van der Waals surface area contributed by atoms with Gasteiger partial charge < -0.3 is 14.4 Å². The van der Waals surface area contributed by atoms with Gasteiger partial charge in [-0.3, -0.25) is 4.79 Å². The molecule has 1 unspecified atom stereocenters. The van der Waals surface area contributed by atoms with Gasteiger partial charge in [0.05, 0.1) is 18.7 Å². The third-order valence-electron chi connectivity index (χ3n) is 6.58. The zero-order valence-electron chi connectivity index (χ0n) is 21.1. The average Bonchev–Trinajstić information content (AvgIpc) is 2.96. The van der Waals surface area contributed by atoms with Crippen LogP contribution in [0.3, 0.4) is 0 Å². The summed E-state index contributed by atoms with van der Waals surface area (Å²) in [5.74, 6) is 1.05. The van der Waals surface area contributed by atoms with Gasteiger partial charge in [-0.05, 0) is 35.4 Å². The number of nitrogens with zero attached hydrogens (tertiary/aromatic N) is 3. The van der Waals surface area contributed by atoms with Crippen molar-refractivity contribution < 1.29 is 14.3 Å². The van der Waals surface area contributed by atoms with Crippen molar-refractivity contribution in [3.05, 3.63) is 95.6 Å². The molecule has 1 heterocycles. The number of methoxy groups -OCH3 is 1. The van der Waals surface area contributed by atoms with E-state index in [0.29, 0.717) is 37.2 Å². The van der Waals surface area contributed by atoms with Crippen molar-refractivity contribution >= 4 is 5.91 Å². The molecule has 1 atom stereocenters. The van der Waals surface area contributed by atoms with Crippen LogP contribution in [0.1, 0.15) is 36.8 Å². The van der Waals surface area contributed by atoms with E-state index in [4.69, 9.17) is 9.47 Å². The summed E-state index contributed by atoms with van der Waals surface area (Å²) < 4.78 is 11.7. The SMILES string of the molecule is COc1ccccc1-c1cc(C#N)cc(OC2CCN(C(=O)/C(C#N)=C/C(C)c3ccccc3)CC2)c1. The smallest absolute Gasteiger partial charge is 0.264 e. The molecule has 37 heavy (non-hydrogen) atoms. The summed E-state index contributed by atoms with van der Waals surface area (Å²) in [6, 6.07) is 27.2.